The second kappa shape index (κ2) is 13.3. The van der Waals surface area contributed by atoms with E-state index in [1.807, 2.05) is 0 Å². The van der Waals surface area contributed by atoms with Gasteiger partial charge in [0.15, 0.2) is 5.12 Å². The van der Waals surface area contributed by atoms with Crippen LogP contribution in [-0.4, -0.2) is 70.1 Å². The highest BCUT2D eigenvalue weighted by Crippen LogP contribution is 2.30. The van der Waals surface area contributed by atoms with Gasteiger partial charge in [-0.25, -0.2) is 4.79 Å². The minimum absolute atomic E-state index is 0.00249. The second-order valence-corrected chi connectivity index (χ2v) is 9.74. The molecule has 0 bridgehead atoms. The van der Waals surface area contributed by atoms with Gasteiger partial charge < -0.3 is 19.7 Å². The van der Waals surface area contributed by atoms with Crippen molar-refractivity contribution in [3.05, 3.63) is 39.9 Å². The first-order valence-corrected chi connectivity index (χ1v) is 12.0. The number of nitrogens with zero attached hydrogens (tertiary/aromatic N) is 2. The molecular formula is C20H27N3O7S2. The lowest BCUT2D eigenvalue weighted by atomic mass is 10.2. The average Bonchev–Trinajstić information content (AvgIpc) is 3.15. The molecular weight excluding hydrogens is 458 g/mol. The number of benzene rings is 1. The SMILES string of the molecule is COCNC(=O)CCSC[C@@H]1C[C@@H](SC(C)=O)CN1C(=O)OCc1ccc([N+](=O)[O-])cc1. The number of rotatable bonds is 11. The van der Waals surface area contributed by atoms with Crippen molar-refractivity contribution in [1.29, 1.82) is 0 Å². The van der Waals surface area contributed by atoms with Crippen LogP contribution in [0.2, 0.25) is 0 Å². The van der Waals surface area contributed by atoms with Crippen LogP contribution in [0.1, 0.15) is 25.3 Å². The van der Waals surface area contributed by atoms with Crippen LogP contribution in [-0.2, 0) is 25.7 Å². The molecule has 0 spiro atoms. The summed E-state index contributed by atoms with van der Waals surface area (Å²) in [6.45, 7) is 2.08. The highest BCUT2D eigenvalue weighted by molar-refractivity contribution is 8.14. The van der Waals surface area contributed by atoms with Crippen LogP contribution in [0.25, 0.3) is 0 Å². The van der Waals surface area contributed by atoms with Crippen LogP contribution in [0, 0.1) is 10.1 Å². The maximum absolute atomic E-state index is 12.7. The molecule has 10 nitrogen and oxygen atoms in total. The van der Waals surface area contributed by atoms with E-state index >= 15 is 0 Å². The van der Waals surface area contributed by atoms with Crippen LogP contribution in [0.5, 0.6) is 0 Å². The van der Waals surface area contributed by atoms with Crippen molar-refractivity contribution in [3.8, 4) is 0 Å². The molecule has 176 valence electrons. The summed E-state index contributed by atoms with van der Waals surface area (Å²) in [7, 11) is 1.50. The monoisotopic (exact) mass is 485 g/mol. The fourth-order valence-electron chi connectivity index (χ4n) is 3.14. The van der Waals surface area contributed by atoms with E-state index < -0.39 is 11.0 Å². The Hall–Kier alpha value is -2.31. The van der Waals surface area contributed by atoms with Gasteiger partial charge in [0.1, 0.15) is 13.3 Å². The van der Waals surface area contributed by atoms with Gasteiger partial charge in [0.05, 0.1) is 4.92 Å². The molecule has 12 heteroatoms. The fraction of sp³-hybridized carbons (Fsp3) is 0.550. The molecule has 1 aliphatic heterocycles. The predicted molar refractivity (Wildman–Crippen MR) is 122 cm³/mol. The highest BCUT2D eigenvalue weighted by atomic mass is 32.2. The smallest absolute Gasteiger partial charge is 0.410 e. The van der Waals surface area contributed by atoms with Crippen molar-refractivity contribution < 1.29 is 28.8 Å². The van der Waals surface area contributed by atoms with Crippen molar-refractivity contribution in [3.63, 3.8) is 0 Å². The zero-order chi connectivity index (χ0) is 23.5. The lowest BCUT2D eigenvalue weighted by Gasteiger charge is -2.23. The quantitative estimate of drug-likeness (QED) is 0.218. The second-order valence-electron chi connectivity index (χ2n) is 7.11. The molecule has 2 atom stereocenters. The Morgan fingerprint density at radius 1 is 1.28 bits per heavy atom. The molecule has 0 aromatic heterocycles. The summed E-state index contributed by atoms with van der Waals surface area (Å²) in [5.41, 5.74) is 0.613. The maximum atomic E-state index is 12.7. The zero-order valence-corrected chi connectivity index (χ0v) is 19.6. The minimum Gasteiger partial charge on any atom is -0.445 e. The van der Waals surface area contributed by atoms with Crippen LogP contribution in [0.3, 0.4) is 0 Å². The highest BCUT2D eigenvalue weighted by Gasteiger charge is 2.37. The molecule has 0 aliphatic carbocycles. The fourth-order valence-corrected chi connectivity index (χ4v) is 5.25. The van der Waals surface area contributed by atoms with Gasteiger partial charge in [0.2, 0.25) is 5.91 Å². The van der Waals surface area contributed by atoms with Crippen molar-refractivity contribution >= 4 is 46.3 Å². The number of non-ortho nitro benzene ring substituents is 1. The number of hydrogen-bond donors (Lipinski definition) is 1. The number of carbonyl (C=O) groups is 3. The number of likely N-dealkylation sites (tertiary alicyclic amines) is 1. The van der Waals surface area contributed by atoms with Gasteiger partial charge in [0.25, 0.3) is 5.69 Å². The summed E-state index contributed by atoms with van der Waals surface area (Å²) in [6.07, 6.45) is 0.523. The van der Waals surface area contributed by atoms with Crippen molar-refractivity contribution in [1.82, 2.24) is 10.2 Å². The molecule has 0 saturated carbocycles. The van der Waals surface area contributed by atoms with Gasteiger partial charge in [0, 0.05) is 61.9 Å². The number of methoxy groups -OCH3 is 1. The number of thioether (sulfide) groups is 2. The normalized spacial score (nSPS) is 17.8. The van der Waals surface area contributed by atoms with Gasteiger partial charge in [-0.15, -0.1) is 0 Å². The summed E-state index contributed by atoms with van der Waals surface area (Å²) >= 11 is 2.78. The summed E-state index contributed by atoms with van der Waals surface area (Å²) < 4.78 is 10.2. The molecule has 32 heavy (non-hydrogen) atoms. The van der Waals surface area contributed by atoms with Crippen LogP contribution < -0.4 is 5.32 Å². The van der Waals surface area contributed by atoms with Crippen LogP contribution >= 0.6 is 23.5 Å². The van der Waals surface area contributed by atoms with Crippen LogP contribution in [0.15, 0.2) is 24.3 Å². The van der Waals surface area contributed by atoms with Crippen LogP contribution in [0.4, 0.5) is 10.5 Å². The first kappa shape index (κ1) is 25.9. The van der Waals surface area contributed by atoms with Gasteiger partial charge in [-0.1, -0.05) is 11.8 Å². The Labute approximate surface area is 194 Å². The Kier molecular flexibility index (Phi) is 10.8. The Bertz CT molecular complexity index is 807. The molecule has 1 aromatic rings. The summed E-state index contributed by atoms with van der Waals surface area (Å²) in [5.74, 6) is 1.12. The maximum Gasteiger partial charge on any atom is 0.410 e. The molecule has 1 heterocycles. The molecule has 2 rings (SSSR count). The topological polar surface area (TPSA) is 128 Å². The lowest BCUT2D eigenvalue weighted by Crippen LogP contribution is -2.37. The molecule has 1 fully saturated rings. The third kappa shape index (κ3) is 8.67. The van der Waals surface area contributed by atoms with Gasteiger partial charge in [-0.05, 0) is 24.1 Å². The zero-order valence-electron chi connectivity index (χ0n) is 18.0. The van der Waals surface area contributed by atoms with Crippen molar-refractivity contribution in [2.75, 3.05) is 31.9 Å². The van der Waals surface area contributed by atoms with Gasteiger partial charge in [-0.2, -0.15) is 11.8 Å². The average molecular weight is 486 g/mol. The lowest BCUT2D eigenvalue weighted by molar-refractivity contribution is -0.384. The predicted octanol–water partition coefficient (Wildman–Crippen LogP) is 2.80. The summed E-state index contributed by atoms with van der Waals surface area (Å²) in [6, 6.07) is 5.71. The molecule has 2 amide bonds. The Morgan fingerprint density at radius 2 is 2.00 bits per heavy atom. The van der Waals surface area contributed by atoms with Gasteiger partial charge in [-0.3, -0.25) is 19.7 Å². The number of nitrogens with one attached hydrogen (secondary N) is 1. The molecule has 1 aromatic carbocycles. The van der Waals surface area contributed by atoms with E-state index in [1.165, 1.54) is 37.9 Å². The van der Waals surface area contributed by atoms with E-state index in [0.717, 1.165) is 0 Å². The van der Waals surface area contributed by atoms with E-state index in [-0.39, 0.29) is 41.3 Å². The van der Waals surface area contributed by atoms with Crippen molar-refractivity contribution in [2.24, 2.45) is 0 Å². The van der Waals surface area contributed by atoms with E-state index in [2.05, 4.69) is 5.32 Å². The third-order valence-corrected chi connectivity index (χ3v) is 6.77. The minimum atomic E-state index is -0.490. The molecule has 0 unspecified atom stereocenters. The Morgan fingerprint density at radius 3 is 2.62 bits per heavy atom. The van der Waals surface area contributed by atoms with Gasteiger partial charge >= 0.3 is 6.09 Å². The van der Waals surface area contributed by atoms with E-state index in [0.29, 0.717) is 36.5 Å². The standard InChI is InChI=1S/C20H27N3O7S2/c1-14(24)32-18-9-17(12-31-8-7-19(25)21-13-29-2)22(10-18)20(26)30-11-15-3-5-16(6-4-15)23(27)28/h3-6,17-18H,7-13H2,1-2H3,(H,21,25)/t17-,18+/m0/s1. The summed E-state index contributed by atoms with van der Waals surface area (Å²) in [4.78, 5) is 47.8. The Balaban J connectivity index is 1.87. The number of nitro benzene ring substituents is 1. The first-order valence-electron chi connectivity index (χ1n) is 9.97. The number of hydrogen-bond acceptors (Lipinski definition) is 9. The largest absolute Gasteiger partial charge is 0.445 e. The molecule has 1 aliphatic rings. The number of ether oxygens (including phenoxy) is 2. The third-order valence-electron chi connectivity index (χ3n) is 4.65. The first-order chi connectivity index (χ1) is 15.3. The molecule has 1 N–H and O–H groups in total. The molecule has 1 saturated heterocycles. The number of nitro groups is 1. The van der Waals surface area contributed by atoms with E-state index in [9.17, 15) is 24.5 Å². The van der Waals surface area contributed by atoms with Crippen molar-refractivity contribution in [2.45, 2.75) is 37.7 Å². The van der Waals surface area contributed by atoms with E-state index in [1.54, 1.807) is 28.8 Å². The number of carbonyl (C=O) groups excluding carboxylic acids is 3. The summed E-state index contributed by atoms with van der Waals surface area (Å²) in [5, 5.41) is 13.4. The van der Waals surface area contributed by atoms with E-state index in [4.69, 9.17) is 9.47 Å². The number of amides is 2. The molecule has 0 radical (unpaired) electrons.